The molecule has 1 aliphatic heterocycles. The van der Waals surface area contributed by atoms with Gasteiger partial charge in [0.05, 0.1) is 18.7 Å². The molecule has 1 N–H and O–H groups in total. The van der Waals surface area contributed by atoms with Gasteiger partial charge in [-0.15, -0.1) is 10.2 Å². The second-order valence-electron chi connectivity index (χ2n) is 10.6. The molecule has 11 heteroatoms. The van der Waals surface area contributed by atoms with Gasteiger partial charge in [0, 0.05) is 11.1 Å². The molecule has 1 amide bonds. The summed E-state index contributed by atoms with van der Waals surface area (Å²) < 4.78 is 18.1. The Labute approximate surface area is 278 Å². The Kier molecular flexibility index (Phi) is 8.47. The number of hydrogen-bond acceptors (Lipinski definition) is 10. The number of thioether (sulfide) groups is 1. The van der Waals surface area contributed by atoms with Crippen molar-refractivity contribution in [2.75, 3.05) is 12.0 Å². The number of ether oxygens (including phenoxy) is 2. The summed E-state index contributed by atoms with van der Waals surface area (Å²) in [5.41, 5.74) is 2.89. The highest BCUT2D eigenvalue weighted by Crippen LogP contribution is 2.45. The molecule has 0 radical (unpaired) electrons. The third-order valence-corrected chi connectivity index (χ3v) is 9.76. The predicted octanol–water partition coefficient (Wildman–Crippen LogP) is 7.95. The van der Waals surface area contributed by atoms with Crippen molar-refractivity contribution in [3.63, 3.8) is 0 Å². The molecule has 6 aromatic rings. The van der Waals surface area contributed by atoms with Crippen LogP contribution in [0, 0.1) is 0 Å². The molecular formula is C36H27N3O6S2. The van der Waals surface area contributed by atoms with Crippen molar-refractivity contribution in [3.8, 4) is 11.5 Å². The minimum absolute atomic E-state index is 0.0430. The zero-order chi connectivity index (χ0) is 32.3. The highest BCUT2D eigenvalue weighted by molar-refractivity contribution is 8.00. The zero-order valence-electron chi connectivity index (χ0n) is 25.0. The lowest BCUT2D eigenvalue weighted by Gasteiger charge is -2.24. The molecule has 234 valence electrons. The largest absolute Gasteiger partial charge is 0.503 e. The van der Waals surface area contributed by atoms with Gasteiger partial charge in [0.15, 0.2) is 27.2 Å². The third-order valence-electron chi connectivity index (χ3n) is 7.63. The van der Waals surface area contributed by atoms with Crippen LogP contribution in [-0.4, -0.2) is 34.1 Å². The molecule has 1 unspecified atom stereocenters. The summed E-state index contributed by atoms with van der Waals surface area (Å²) in [4.78, 5) is 29.3. The third kappa shape index (κ3) is 6.10. The summed E-state index contributed by atoms with van der Waals surface area (Å²) in [7, 11) is 1.51. The first-order valence-electron chi connectivity index (χ1n) is 14.6. The summed E-state index contributed by atoms with van der Waals surface area (Å²) >= 11 is 2.70. The fraction of sp³-hybridized carbons (Fsp3) is 0.111. The molecule has 3 heterocycles. The van der Waals surface area contributed by atoms with Crippen LogP contribution in [0.3, 0.4) is 0 Å². The van der Waals surface area contributed by atoms with Crippen LogP contribution in [0.5, 0.6) is 11.5 Å². The number of fused-ring (bicyclic) bond motifs is 1. The number of carbonyl (C=O) groups excluding carboxylic acids is 2. The number of aliphatic hydroxyl groups excluding tert-OH is 1. The standard InChI is InChI=1S/C36H27N3O6S2/c1-43-27-17-9-15-25-19-28(45-33(25)27)31(40)29-30(24-14-8-16-26(18-24)44-20-22-10-4-2-5-11-22)39(34(42)32(29)41)35-37-38-36(47-35)46-21-23-12-6-3-7-13-23/h2-19,30,41H,20-21H2,1H3. The van der Waals surface area contributed by atoms with Crippen molar-refractivity contribution >= 4 is 50.9 Å². The topological polar surface area (TPSA) is 115 Å². The molecule has 0 saturated carbocycles. The quantitative estimate of drug-likeness (QED) is 0.0839. The Bertz CT molecular complexity index is 2110. The van der Waals surface area contributed by atoms with Crippen LogP contribution in [0.2, 0.25) is 0 Å². The Morgan fingerprint density at radius 2 is 1.68 bits per heavy atom. The average Bonchev–Trinajstić information content (AvgIpc) is 3.83. The number of carbonyl (C=O) groups is 2. The van der Waals surface area contributed by atoms with E-state index < -0.39 is 23.5 Å². The van der Waals surface area contributed by atoms with E-state index in [4.69, 9.17) is 13.9 Å². The molecule has 7 rings (SSSR count). The van der Waals surface area contributed by atoms with Gasteiger partial charge in [-0.3, -0.25) is 14.5 Å². The maximum Gasteiger partial charge on any atom is 0.296 e. The number of benzene rings is 4. The van der Waals surface area contributed by atoms with Gasteiger partial charge >= 0.3 is 0 Å². The summed E-state index contributed by atoms with van der Waals surface area (Å²) in [6.07, 6.45) is 0. The first-order chi connectivity index (χ1) is 23.0. The second-order valence-corrected chi connectivity index (χ2v) is 12.8. The lowest BCUT2D eigenvalue weighted by atomic mass is 9.95. The SMILES string of the molecule is COc1cccc2cc(C(=O)C3=C(O)C(=O)N(c4nnc(SCc5ccccc5)s4)C3c3cccc(OCc4ccccc4)c3)oc12. The van der Waals surface area contributed by atoms with Crippen LogP contribution in [0.4, 0.5) is 5.13 Å². The fourth-order valence-electron chi connectivity index (χ4n) is 5.38. The minimum Gasteiger partial charge on any atom is -0.503 e. The van der Waals surface area contributed by atoms with Gasteiger partial charge in [0.1, 0.15) is 12.4 Å². The molecule has 0 bridgehead atoms. The number of ketones is 1. The van der Waals surface area contributed by atoms with Gasteiger partial charge in [0.25, 0.3) is 5.91 Å². The Morgan fingerprint density at radius 3 is 2.45 bits per heavy atom. The van der Waals surface area contributed by atoms with Crippen molar-refractivity contribution in [1.29, 1.82) is 0 Å². The van der Waals surface area contributed by atoms with E-state index >= 15 is 0 Å². The highest BCUT2D eigenvalue weighted by Gasteiger charge is 2.47. The zero-order valence-corrected chi connectivity index (χ0v) is 26.7. The van der Waals surface area contributed by atoms with Gasteiger partial charge in [-0.25, -0.2) is 0 Å². The van der Waals surface area contributed by atoms with Crippen LogP contribution < -0.4 is 14.4 Å². The molecule has 0 fully saturated rings. The lowest BCUT2D eigenvalue weighted by molar-refractivity contribution is -0.117. The van der Waals surface area contributed by atoms with Crippen molar-refractivity contribution in [2.45, 2.75) is 22.7 Å². The summed E-state index contributed by atoms with van der Waals surface area (Å²) in [6.45, 7) is 0.323. The minimum atomic E-state index is -1.04. The molecule has 1 aliphatic rings. The molecular weight excluding hydrogens is 635 g/mol. The molecule has 0 aliphatic carbocycles. The van der Waals surface area contributed by atoms with Crippen LogP contribution >= 0.6 is 23.1 Å². The van der Waals surface area contributed by atoms with E-state index in [1.54, 1.807) is 48.5 Å². The van der Waals surface area contributed by atoms with Crippen LogP contribution in [-0.2, 0) is 17.2 Å². The van der Waals surface area contributed by atoms with E-state index in [1.807, 2.05) is 60.7 Å². The number of amides is 1. The number of para-hydroxylation sites is 1. The molecule has 47 heavy (non-hydrogen) atoms. The summed E-state index contributed by atoms with van der Waals surface area (Å²) in [5.74, 6) is -0.481. The molecule has 0 spiro atoms. The number of Topliss-reactive ketones (excluding diaryl/α,β-unsaturated/α-hetero) is 1. The van der Waals surface area contributed by atoms with Gasteiger partial charge < -0.3 is 19.0 Å². The van der Waals surface area contributed by atoms with Crippen LogP contribution in [0.15, 0.2) is 129 Å². The number of nitrogens with zero attached hydrogens (tertiary/aromatic N) is 3. The monoisotopic (exact) mass is 661 g/mol. The molecule has 0 saturated heterocycles. The van der Waals surface area contributed by atoms with Crippen LogP contribution in [0.1, 0.15) is 33.3 Å². The number of aromatic nitrogens is 2. The van der Waals surface area contributed by atoms with E-state index in [-0.39, 0.29) is 16.5 Å². The lowest BCUT2D eigenvalue weighted by Crippen LogP contribution is -2.31. The Hall–Kier alpha value is -5.39. The fourth-order valence-corrected chi connectivity index (χ4v) is 7.21. The van der Waals surface area contributed by atoms with Crippen molar-refractivity contribution < 1.29 is 28.6 Å². The normalized spacial score (nSPS) is 14.6. The van der Waals surface area contributed by atoms with E-state index in [0.29, 0.717) is 44.7 Å². The number of anilines is 1. The maximum absolute atomic E-state index is 14.2. The van der Waals surface area contributed by atoms with E-state index in [0.717, 1.165) is 11.1 Å². The Balaban J connectivity index is 1.25. The van der Waals surface area contributed by atoms with Gasteiger partial charge in [0.2, 0.25) is 10.9 Å². The number of aliphatic hydroxyl groups is 1. The maximum atomic E-state index is 14.2. The number of rotatable bonds is 11. The van der Waals surface area contributed by atoms with Gasteiger partial charge in [-0.2, -0.15) is 0 Å². The Morgan fingerprint density at radius 1 is 0.936 bits per heavy atom. The number of methoxy groups -OCH3 is 1. The smallest absolute Gasteiger partial charge is 0.296 e. The van der Waals surface area contributed by atoms with Crippen molar-refractivity contribution in [3.05, 3.63) is 143 Å². The van der Waals surface area contributed by atoms with Crippen molar-refractivity contribution in [1.82, 2.24) is 10.2 Å². The highest BCUT2D eigenvalue weighted by atomic mass is 32.2. The molecule has 4 aromatic carbocycles. The van der Waals surface area contributed by atoms with Crippen LogP contribution in [0.25, 0.3) is 11.0 Å². The second kappa shape index (κ2) is 13.1. The van der Waals surface area contributed by atoms with E-state index in [9.17, 15) is 14.7 Å². The number of hydrogen-bond donors (Lipinski definition) is 1. The summed E-state index contributed by atoms with van der Waals surface area (Å²) in [5, 5.41) is 20.9. The predicted molar refractivity (Wildman–Crippen MR) is 180 cm³/mol. The average molecular weight is 662 g/mol. The van der Waals surface area contributed by atoms with E-state index in [1.165, 1.54) is 35.1 Å². The number of furan rings is 1. The molecule has 1 atom stereocenters. The molecule has 9 nitrogen and oxygen atoms in total. The summed E-state index contributed by atoms with van der Waals surface area (Å²) in [6, 6.07) is 32.6. The van der Waals surface area contributed by atoms with Gasteiger partial charge in [-0.1, -0.05) is 108 Å². The first-order valence-corrected chi connectivity index (χ1v) is 16.4. The van der Waals surface area contributed by atoms with Crippen molar-refractivity contribution in [2.24, 2.45) is 0 Å². The molecule has 2 aromatic heterocycles. The first kappa shape index (κ1) is 30.3. The van der Waals surface area contributed by atoms with E-state index in [2.05, 4.69) is 10.2 Å². The van der Waals surface area contributed by atoms with Gasteiger partial charge in [-0.05, 0) is 41.0 Å².